The predicted octanol–water partition coefficient (Wildman–Crippen LogP) is 3.01. The fourth-order valence-corrected chi connectivity index (χ4v) is 5.69. The molecule has 11 heteroatoms. The van der Waals surface area contributed by atoms with Crippen LogP contribution in [-0.4, -0.2) is 32.8 Å². The van der Waals surface area contributed by atoms with Gasteiger partial charge in [-0.3, -0.25) is 0 Å². The molecule has 1 aliphatic heterocycles. The zero-order valence-corrected chi connectivity index (χ0v) is 18.0. The number of benzene rings is 1. The van der Waals surface area contributed by atoms with Crippen LogP contribution < -0.4 is 15.2 Å². The van der Waals surface area contributed by atoms with E-state index >= 15 is 0 Å². The summed E-state index contributed by atoms with van der Waals surface area (Å²) in [6, 6.07) is -0.935. The smallest absolute Gasteiger partial charge is 0.354 e. The maximum Gasteiger partial charge on any atom is 0.354 e. The van der Waals surface area contributed by atoms with Gasteiger partial charge >= 0.3 is 6.03 Å². The summed E-state index contributed by atoms with van der Waals surface area (Å²) >= 11 is 0. The standard InChI is InChI=1S/C20H23F2N5O3S/c1-20(2)9-30-18-15(8-24-27(18)20)31(23,29)26-19(28)25-17-12-5-3-4-11(12)16(22)13-6-10(21)7-14(13)17/h8,10H,3-7,9H2,1-2H3,(H3,23,25,26,28,29)/t10-,31-/m1/s1. The summed E-state index contributed by atoms with van der Waals surface area (Å²) in [7, 11) is -3.65. The van der Waals surface area contributed by atoms with Crippen LogP contribution in [0.3, 0.4) is 0 Å². The molecule has 2 aliphatic carbocycles. The third kappa shape index (κ3) is 3.13. The van der Waals surface area contributed by atoms with E-state index in [1.54, 1.807) is 4.68 Å². The number of nitrogens with one attached hydrogen (secondary N) is 1. The molecule has 8 nitrogen and oxygen atoms in total. The van der Waals surface area contributed by atoms with E-state index in [2.05, 4.69) is 14.8 Å². The van der Waals surface area contributed by atoms with Gasteiger partial charge in [-0.2, -0.15) is 5.10 Å². The van der Waals surface area contributed by atoms with Gasteiger partial charge in [0.15, 0.2) is 9.92 Å². The molecule has 0 radical (unpaired) electrons. The highest BCUT2D eigenvalue weighted by Gasteiger charge is 2.37. The number of rotatable bonds is 2. The Kier molecular flexibility index (Phi) is 4.43. The summed E-state index contributed by atoms with van der Waals surface area (Å²) in [5, 5.41) is 12.7. The van der Waals surface area contributed by atoms with Crippen molar-refractivity contribution in [2.24, 2.45) is 9.50 Å². The number of alkyl halides is 1. The number of anilines is 1. The lowest BCUT2D eigenvalue weighted by molar-refractivity contribution is 0.259. The maximum absolute atomic E-state index is 14.8. The average molecular weight is 451 g/mol. The highest BCUT2D eigenvalue weighted by atomic mass is 32.2. The van der Waals surface area contributed by atoms with Crippen molar-refractivity contribution in [3.05, 3.63) is 34.3 Å². The van der Waals surface area contributed by atoms with Gasteiger partial charge in [0, 0.05) is 18.5 Å². The number of ether oxygens (including phenoxy) is 1. The molecule has 0 spiro atoms. The molecule has 166 valence electrons. The Hall–Kier alpha value is -2.53. The first kappa shape index (κ1) is 20.4. The molecule has 0 saturated heterocycles. The summed E-state index contributed by atoms with van der Waals surface area (Å²) in [5.74, 6) is -0.145. The molecule has 0 bridgehead atoms. The number of aromatic nitrogens is 2. The third-order valence-electron chi connectivity index (χ3n) is 6.16. The molecule has 0 saturated carbocycles. The van der Waals surface area contributed by atoms with Crippen molar-refractivity contribution in [2.45, 2.75) is 62.6 Å². The van der Waals surface area contributed by atoms with Gasteiger partial charge in [-0.1, -0.05) is 0 Å². The van der Waals surface area contributed by atoms with Gasteiger partial charge in [0.1, 0.15) is 23.5 Å². The molecule has 31 heavy (non-hydrogen) atoms. The van der Waals surface area contributed by atoms with Crippen LogP contribution in [0.5, 0.6) is 5.88 Å². The number of carbonyl (C=O) groups is 1. The van der Waals surface area contributed by atoms with Gasteiger partial charge in [0.25, 0.3) is 0 Å². The van der Waals surface area contributed by atoms with E-state index in [4.69, 9.17) is 9.88 Å². The molecule has 1 aromatic carbocycles. The Morgan fingerprint density at radius 1 is 1.32 bits per heavy atom. The number of amides is 2. The van der Waals surface area contributed by atoms with E-state index in [0.29, 0.717) is 47.4 Å². The van der Waals surface area contributed by atoms with Crippen molar-refractivity contribution in [3.8, 4) is 5.88 Å². The lowest BCUT2D eigenvalue weighted by Crippen LogP contribution is -2.26. The quantitative estimate of drug-likeness (QED) is 0.731. The maximum atomic E-state index is 14.8. The van der Waals surface area contributed by atoms with E-state index < -0.39 is 27.7 Å². The first-order valence-corrected chi connectivity index (χ1v) is 11.7. The van der Waals surface area contributed by atoms with E-state index in [0.717, 1.165) is 6.42 Å². The number of urea groups is 1. The normalized spacial score (nSPS) is 22.3. The van der Waals surface area contributed by atoms with E-state index in [9.17, 15) is 17.8 Å². The first-order chi connectivity index (χ1) is 14.6. The van der Waals surface area contributed by atoms with Gasteiger partial charge in [-0.25, -0.2) is 27.6 Å². The average Bonchev–Trinajstić information content (AvgIpc) is 3.43. The van der Waals surface area contributed by atoms with Crippen molar-refractivity contribution in [3.63, 3.8) is 0 Å². The minimum Gasteiger partial charge on any atom is -0.474 e. The molecule has 5 rings (SSSR count). The van der Waals surface area contributed by atoms with Crippen LogP contribution in [-0.2, 0) is 41.1 Å². The van der Waals surface area contributed by atoms with Crippen molar-refractivity contribution >= 4 is 21.6 Å². The number of halogens is 2. The molecule has 1 aromatic heterocycles. The molecule has 0 unspecified atom stereocenters. The second-order valence-electron chi connectivity index (χ2n) is 8.88. The number of fused-ring (bicyclic) bond motifs is 3. The van der Waals surface area contributed by atoms with E-state index in [1.807, 2.05) is 13.8 Å². The van der Waals surface area contributed by atoms with Crippen LogP contribution in [0.4, 0.5) is 19.3 Å². The highest BCUT2D eigenvalue weighted by Crippen LogP contribution is 2.42. The molecule has 2 heterocycles. The summed E-state index contributed by atoms with van der Waals surface area (Å²) in [4.78, 5) is 12.8. The lowest BCUT2D eigenvalue weighted by Gasteiger charge is -2.16. The van der Waals surface area contributed by atoms with Crippen molar-refractivity contribution < 1.29 is 22.5 Å². The SMILES string of the molecule is CC1(C)COc2c([S@](N)(=O)=NC(=O)Nc3c4c(c(F)c5c3C[C@H](F)C5)CCC4)cnn21. The summed E-state index contributed by atoms with van der Waals surface area (Å²) in [6.07, 6.45) is 1.95. The van der Waals surface area contributed by atoms with Gasteiger partial charge in [-0.15, -0.1) is 4.36 Å². The molecule has 0 fully saturated rings. The van der Waals surface area contributed by atoms with Crippen LogP contribution in [0.25, 0.3) is 0 Å². The van der Waals surface area contributed by atoms with Crippen LogP contribution in [0.1, 0.15) is 42.5 Å². The molecule has 3 N–H and O–H groups in total. The fourth-order valence-electron chi connectivity index (χ4n) is 4.71. The number of hydrogen-bond acceptors (Lipinski definition) is 4. The van der Waals surface area contributed by atoms with Crippen LogP contribution >= 0.6 is 0 Å². The molecular formula is C20H23F2N5O3S. The lowest BCUT2D eigenvalue weighted by atomic mass is 9.98. The van der Waals surface area contributed by atoms with Gasteiger partial charge in [0.2, 0.25) is 5.88 Å². The van der Waals surface area contributed by atoms with E-state index in [-0.39, 0.29) is 29.4 Å². The second kappa shape index (κ2) is 6.73. The van der Waals surface area contributed by atoms with Gasteiger partial charge < -0.3 is 10.1 Å². The monoisotopic (exact) mass is 451 g/mol. The van der Waals surface area contributed by atoms with Crippen LogP contribution in [0.15, 0.2) is 15.5 Å². The van der Waals surface area contributed by atoms with Crippen LogP contribution in [0, 0.1) is 5.82 Å². The van der Waals surface area contributed by atoms with Crippen molar-refractivity contribution in [2.75, 3.05) is 11.9 Å². The molecule has 2 atom stereocenters. The Bertz CT molecular complexity index is 1250. The Labute approximate surface area is 178 Å². The Morgan fingerprint density at radius 2 is 2.03 bits per heavy atom. The number of nitrogens with zero attached hydrogens (tertiary/aromatic N) is 3. The Balaban J connectivity index is 1.51. The van der Waals surface area contributed by atoms with Gasteiger partial charge in [-0.05, 0) is 55.4 Å². The number of nitrogens with two attached hydrogens (primary N) is 1. The molecular weight excluding hydrogens is 428 g/mol. The predicted molar refractivity (Wildman–Crippen MR) is 110 cm³/mol. The highest BCUT2D eigenvalue weighted by molar-refractivity contribution is 7.91. The third-order valence-corrected chi connectivity index (χ3v) is 7.51. The second-order valence-corrected chi connectivity index (χ2v) is 10.6. The Morgan fingerprint density at radius 3 is 2.81 bits per heavy atom. The number of hydrogen-bond donors (Lipinski definition) is 2. The summed E-state index contributed by atoms with van der Waals surface area (Å²) < 4.78 is 52.8. The molecule has 3 aliphatic rings. The van der Waals surface area contributed by atoms with E-state index in [1.165, 1.54) is 6.20 Å². The number of carbonyl (C=O) groups excluding carboxylic acids is 1. The summed E-state index contributed by atoms with van der Waals surface area (Å²) in [5.41, 5.74) is 1.88. The zero-order chi connectivity index (χ0) is 22.1. The largest absolute Gasteiger partial charge is 0.474 e. The van der Waals surface area contributed by atoms with Gasteiger partial charge in [0.05, 0.1) is 11.7 Å². The van der Waals surface area contributed by atoms with Crippen molar-refractivity contribution in [1.82, 2.24) is 9.78 Å². The minimum absolute atomic E-state index is 0.0161. The zero-order valence-electron chi connectivity index (χ0n) is 17.2. The first-order valence-electron chi connectivity index (χ1n) is 10.1. The van der Waals surface area contributed by atoms with Crippen molar-refractivity contribution in [1.29, 1.82) is 0 Å². The molecule has 2 aromatic rings. The topological polar surface area (TPSA) is 112 Å². The molecule has 2 amide bonds. The minimum atomic E-state index is -3.65. The fraction of sp³-hybridized carbons (Fsp3) is 0.500. The van der Waals surface area contributed by atoms with Crippen LogP contribution in [0.2, 0.25) is 0 Å². The summed E-state index contributed by atoms with van der Waals surface area (Å²) in [6.45, 7) is 4.12.